The third-order valence-corrected chi connectivity index (χ3v) is 5.74. The molecule has 1 aromatic heterocycles. The highest BCUT2D eigenvalue weighted by atomic mass is 16.5. The zero-order valence-corrected chi connectivity index (χ0v) is 17.8. The van der Waals surface area contributed by atoms with Crippen LogP contribution < -0.4 is 9.64 Å². The first-order valence-corrected chi connectivity index (χ1v) is 10.2. The SMILES string of the molecule is COc1ccc2cc(C[NH+](C)[C@H](C)/C(O)=C(\C#N)c3nc4ccccc4[nH]3)ccc2c1. The number of nitrogens with one attached hydrogen (secondary N) is 2. The molecule has 0 saturated carbocycles. The van der Waals surface area contributed by atoms with Crippen LogP contribution in [0.2, 0.25) is 0 Å². The number of aromatic nitrogens is 2. The number of fused-ring (bicyclic) bond motifs is 2. The van der Waals surface area contributed by atoms with E-state index in [0.29, 0.717) is 12.4 Å². The number of nitrogens with zero attached hydrogens (tertiary/aromatic N) is 2. The van der Waals surface area contributed by atoms with E-state index in [1.807, 2.05) is 56.4 Å². The smallest absolute Gasteiger partial charge is 0.172 e. The van der Waals surface area contributed by atoms with Gasteiger partial charge in [0.2, 0.25) is 0 Å². The number of imidazole rings is 1. The van der Waals surface area contributed by atoms with Gasteiger partial charge in [-0.3, -0.25) is 0 Å². The zero-order valence-electron chi connectivity index (χ0n) is 17.8. The van der Waals surface area contributed by atoms with Gasteiger partial charge in [-0.15, -0.1) is 0 Å². The molecule has 3 aromatic carbocycles. The van der Waals surface area contributed by atoms with E-state index in [9.17, 15) is 10.4 Å². The Morgan fingerprint density at radius 3 is 2.65 bits per heavy atom. The predicted molar refractivity (Wildman–Crippen MR) is 122 cm³/mol. The summed E-state index contributed by atoms with van der Waals surface area (Å²) in [5.74, 6) is 1.26. The van der Waals surface area contributed by atoms with Crippen LogP contribution in [0.1, 0.15) is 18.3 Å². The van der Waals surface area contributed by atoms with Crippen LogP contribution >= 0.6 is 0 Å². The molecular formula is C25H25N4O2+. The van der Waals surface area contributed by atoms with Crippen molar-refractivity contribution in [3.63, 3.8) is 0 Å². The molecule has 4 aromatic rings. The molecule has 0 spiro atoms. The lowest BCUT2D eigenvalue weighted by Crippen LogP contribution is -3.11. The van der Waals surface area contributed by atoms with Gasteiger partial charge in [0.1, 0.15) is 30.0 Å². The molecule has 0 aliphatic rings. The predicted octanol–water partition coefficient (Wildman–Crippen LogP) is 3.62. The zero-order chi connectivity index (χ0) is 22.0. The Labute approximate surface area is 181 Å². The molecule has 2 atom stereocenters. The van der Waals surface area contributed by atoms with Gasteiger partial charge in [0.25, 0.3) is 0 Å². The van der Waals surface area contributed by atoms with Gasteiger partial charge in [0, 0.05) is 5.56 Å². The number of methoxy groups -OCH3 is 1. The van der Waals surface area contributed by atoms with Crippen molar-refractivity contribution in [2.75, 3.05) is 14.2 Å². The second-order valence-corrected chi connectivity index (χ2v) is 7.77. The topological polar surface area (TPSA) is 86.4 Å². The molecular weight excluding hydrogens is 388 g/mol. The van der Waals surface area contributed by atoms with Crippen molar-refractivity contribution in [3.8, 4) is 11.8 Å². The lowest BCUT2D eigenvalue weighted by molar-refractivity contribution is -0.913. The number of aromatic amines is 1. The molecule has 156 valence electrons. The van der Waals surface area contributed by atoms with Crippen molar-refractivity contribution in [2.24, 2.45) is 0 Å². The molecule has 0 amide bonds. The number of aliphatic hydroxyl groups is 1. The first-order chi connectivity index (χ1) is 15.0. The van der Waals surface area contributed by atoms with Gasteiger partial charge in [0.15, 0.2) is 11.6 Å². The second kappa shape index (κ2) is 8.50. The largest absolute Gasteiger partial charge is 0.505 e. The Balaban J connectivity index is 1.58. The average Bonchev–Trinajstić information content (AvgIpc) is 3.22. The molecule has 0 bridgehead atoms. The average molecular weight is 414 g/mol. The Morgan fingerprint density at radius 2 is 1.90 bits per heavy atom. The van der Waals surface area contributed by atoms with Crippen LogP contribution in [-0.4, -0.2) is 35.3 Å². The van der Waals surface area contributed by atoms with Gasteiger partial charge in [-0.25, -0.2) is 4.98 Å². The Kier molecular flexibility index (Phi) is 5.61. The van der Waals surface area contributed by atoms with E-state index in [0.717, 1.165) is 38.0 Å². The lowest BCUT2D eigenvalue weighted by atomic mass is 10.1. The van der Waals surface area contributed by atoms with E-state index < -0.39 is 0 Å². The van der Waals surface area contributed by atoms with Gasteiger partial charge in [0.05, 0.1) is 25.2 Å². The van der Waals surface area contributed by atoms with Crippen molar-refractivity contribution in [3.05, 3.63) is 77.8 Å². The quantitative estimate of drug-likeness (QED) is 0.333. The summed E-state index contributed by atoms with van der Waals surface area (Å²) in [6.07, 6.45) is 0. The molecule has 3 N–H and O–H groups in total. The minimum atomic E-state index is -0.283. The van der Waals surface area contributed by atoms with Crippen LogP contribution in [0.3, 0.4) is 0 Å². The number of quaternary nitrogens is 1. The van der Waals surface area contributed by atoms with Crippen LogP contribution in [0.4, 0.5) is 0 Å². The summed E-state index contributed by atoms with van der Waals surface area (Å²) in [7, 11) is 3.67. The standard InChI is InChI=1S/C25H24N4O2/c1-16(24(30)21(14-26)25-27-22-6-4-5-7-23(22)28-25)29(2)15-17-8-9-19-13-20(31-3)11-10-18(19)12-17/h4-13,16,30H,15H2,1-3H3,(H,27,28)/p+1/b24-21-/t16-/m1/s1. The van der Waals surface area contributed by atoms with Crippen LogP contribution in [0.5, 0.6) is 5.75 Å². The summed E-state index contributed by atoms with van der Waals surface area (Å²) < 4.78 is 5.29. The third kappa shape index (κ3) is 4.09. The van der Waals surface area contributed by atoms with E-state index >= 15 is 0 Å². The maximum Gasteiger partial charge on any atom is 0.172 e. The number of H-pyrrole nitrogens is 1. The summed E-state index contributed by atoms with van der Waals surface area (Å²) in [4.78, 5) is 8.66. The number of hydrogen-bond acceptors (Lipinski definition) is 4. The molecule has 1 unspecified atom stereocenters. The molecule has 0 radical (unpaired) electrons. The van der Waals surface area contributed by atoms with Gasteiger partial charge in [-0.05, 0) is 48.0 Å². The number of para-hydroxylation sites is 2. The van der Waals surface area contributed by atoms with Crippen molar-refractivity contribution in [2.45, 2.75) is 19.5 Å². The van der Waals surface area contributed by atoms with Crippen LogP contribution in [0.25, 0.3) is 27.4 Å². The number of nitriles is 1. The molecule has 6 heteroatoms. The molecule has 31 heavy (non-hydrogen) atoms. The van der Waals surface area contributed by atoms with E-state index in [1.54, 1.807) is 7.11 Å². The van der Waals surface area contributed by atoms with Crippen LogP contribution in [-0.2, 0) is 6.54 Å². The molecule has 4 rings (SSSR count). The Bertz CT molecular complexity index is 1280. The lowest BCUT2D eigenvalue weighted by Gasteiger charge is -2.22. The summed E-state index contributed by atoms with van der Waals surface area (Å²) >= 11 is 0. The number of likely N-dealkylation sites (N-methyl/N-ethyl adjacent to an activating group) is 1. The van der Waals surface area contributed by atoms with Crippen molar-refractivity contribution in [1.82, 2.24) is 9.97 Å². The van der Waals surface area contributed by atoms with Crippen molar-refractivity contribution >= 4 is 27.4 Å². The van der Waals surface area contributed by atoms with Crippen molar-refractivity contribution < 1.29 is 14.7 Å². The van der Waals surface area contributed by atoms with Gasteiger partial charge >= 0.3 is 0 Å². The van der Waals surface area contributed by atoms with E-state index in [4.69, 9.17) is 4.74 Å². The van der Waals surface area contributed by atoms with Crippen LogP contribution in [0.15, 0.2) is 66.4 Å². The monoisotopic (exact) mass is 413 g/mol. The summed E-state index contributed by atoms with van der Waals surface area (Å²) in [6, 6.07) is 21.7. The first-order valence-electron chi connectivity index (χ1n) is 10.2. The second-order valence-electron chi connectivity index (χ2n) is 7.77. The summed E-state index contributed by atoms with van der Waals surface area (Å²) in [6.45, 7) is 2.61. The highest BCUT2D eigenvalue weighted by molar-refractivity contribution is 5.84. The fourth-order valence-corrected chi connectivity index (χ4v) is 3.74. The Hall–Kier alpha value is -3.82. The first kappa shape index (κ1) is 20.5. The number of ether oxygens (including phenoxy) is 1. The van der Waals surface area contributed by atoms with Gasteiger partial charge < -0.3 is 19.7 Å². The van der Waals surface area contributed by atoms with E-state index in [2.05, 4.69) is 34.2 Å². The summed E-state index contributed by atoms with van der Waals surface area (Å²) in [5.41, 5.74) is 2.92. The maximum atomic E-state index is 10.9. The van der Waals surface area contributed by atoms with Gasteiger partial charge in [-0.2, -0.15) is 5.26 Å². The fraction of sp³-hybridized carbons (Fsp3) is 0.200. The van der Waals surface area contributed by atoms with Gasteiger partial charge in [-0.1, -0.05) is 30.3 Å². The molecule has 0 aliphatic carbocycles. The molecule has 0 saturated heterocycles. The molecule has 0 aliphatic heterocycles. The molecule has 6 nitrogen and oxygen atoms in total. The third-order valence-electron chi connectivity index (χ3n) is 5.74. The van der Waals surface area contributed by atoms with E-state index in [-0.39, 0.29) is 17.4 Å². The summed E-state index contributed by atoms with van der Waals surface area (Å²) in [5, 5.41) is 22.9. The Morgan fingerprint density at radius 1 is 1.16 bits per heavy atom. The maximum absolute atomic E-state index is 10.9. The minimum Gasteiger partial charge on any atom is -0.505 e. The number of rotatable bonds is 6. The van der Waals surface area contributed by atoms with Crippen LogP contribution in [0, 0.1) is 11.3 Å². The number of hydrogen-bond donors (Lipinski definition) is 3. The number of benzene rings is 3. The normalized spacial score (nSPS) is 14.1. The molecule has 1 heterocycles. The highest BCUT2D eigenvalue weighted by Crippen LogP contribution is 2.22. The van der Waals surface area contributed by atoms with E-state index in [1.165, 1.54) is 0 Å². The number of allylic oxidation sites excluding steroid dienone is 1. The van der Waals surface area contributed by atoms with Crippen molar-refractivity contribution in [1.29, 1.82) is 5.26 Å². The molecule has 0 fully saturated rings. The number of aliphatic hydroxyl groups excluding tert-OH is 1. The highest BCUT2D eigenvalue weighted by Gasteiger charge is 2.24. The minimum absolute atomic E-state index is 0.0320. The fourth-order valence-electron chi connectivity index (χ4n) is 3.74.